The number of hydrogen-bond donors (Lipinski definition) is 1. The van der Waals surface area contributed by atoms with Gasteiger partial charge in [-0.1, -0.05) is 11.6 Å². The Morgan fingerprint density at radius 3 is 2.79 bits per heavy atom. The molecular weight excluding hydrogens is 406 g/mol. The van der Waals surface area contributed by atoms with Crippen molar-refractivity contribution in [1.29, 1.82) is 5.26 Å². The molecule has 0 atom stereocenters. The maximum Gasteiger partial charge on any atom is 0.342 e. The van der Waals surface area contributed by atoms with Crippen molar-refractivity contribution in [1.82, 2.24) is 14.8 Å². The SMILES string of the molecule is CCOC(=O)c1cn(Cc2cc(S(N)(=O)=O)c3ncc(Cl)cc3c2)nc1C#N. The van der Waals surface area contributed by atoms with Crippen LogP contribution in [0.3, 0.4) is 0 Å². The van der Waals surface area contributed by atoms with Gasteiger partial charge in [-0.2, -0.15) is 10.4 Å². The van der Waals surface area contributed by atoms with Gasteiger partial charge in [0.15, 0.2) is 5.69 Å². The Balaban J connectivity index is 2.08. The predicted octanol–water partition coefficient (Wildman–Crippen LogP) is 1.83. The molecule has 28 heavy (non-hydrogen) atoms. The van der Waals surface area contributed by atoms with Gasteiger partial charge in [-0.25, -0.2) is 18.4 Å². The van der Waals surface area contributed by atoms with E-state index >= 15 is 0 Å². The second kappa shape index (κ2) is 7.55. The van der Waals surface area contributed by atoms with Crippen molar-refractivity contribution in [3.8, 4) is 6.07 Å². The number of hydrogen-bond acceptors (Lipinski definition) is 7. The number of carbonyl (C=O) groups excluding carboxylic acids is 1. The number of benzene rings is 1. The smallest absolute Gasteiger partial charge is 0.342 e. The molecule has 0 saturated carbocycles. The normalized spacial score (nSPS) is 11.4. The summed E-state index contributed by atoms with van der Waals surface area (Å²) in [4.78, 5) is 15.8. The van der Waals surface area contributed by atoms with Crippen molar-refractivity contribution in [3.63, 3.8) is 0 Å². The zero-order chi connectivity index (χ0) is 20.5. The molecule has 0 aliphatic carbocycles. The molecule has 0 fully saturated rings. The number of halogens is 1. The molecule has 0 aliphatic rings. The molecule has 0 spiro atoms. The van der Waals surface area contributed by atoms with Crippen LogP contribution in [-0.4, -0.2) is 35.8 Å². The van der Waals surface area contributed by atoms with Crippen LogP contribution in [-0.2, 0) is 21.3 Å². The summed E-state index contributed by atoms with van der Waals surface area (Å²) in [6, 6.07) is 6.46. The first-order valence-electron chi connectivity index (χ1n) is 7.98. The summed E-state index contributed by atoms with van der Waals surface area (Å²) in [6.45, 7) is 1.89. The van der Waals surface area contributed by atoms with E-state index < -0.39 is 16.0 Å². The molecule has 0 bridgehead atoms. The van der Waals surface area contributed by atoms with Gasteiger partial charge in [0.25, 0.3) is 0 Å². The molecule has 2 N–H and O–H groups in total. The fourth-order valence-electron chi connectivity index (χ4n) is 2.69. The van der Waals surface area contributed by atoms with Gasteiger partial charge in [0.05, 0.1) is 23.7 Å². The lowest BCUT2D eigenvalue weighted by molar-refractivity contribution is 0.0526. The summed E-state index contributed by atoms with van der Waals surface area (Å²) in [5.74, 6) is -0.662. The largest absolute Gasteiger partial charge is 0.462 e. The lowest BCUT2D eigenvalue weighted by Crippen LogP contribution is -2.14. The highest BCUT2D eigenvalue weighted by Crippen LogP contribution is 2.25. The van der Waals surface area contributed by atoms with Crippen molar-refractivity contribution in [2.24, 2.45) is 5.14 Å². The minimum Gasteiger partial charge on any atom is -0.462 e. The number of primary sulfonamides is 1. The first kappa shape index (κ1) is 19.8. The number of nitriles is 1. The number of fused-ring (bicyclic) bond motifs is 1. The van der Waals surface area contributed by atoms with Gasteiger partial charge in [-0.05, 0) is 30.7 Å². The van der Waals surface area contributed by atoms with E-state index in [0.29, 0.717) is 16.0 Å². The van der Waals surface area contributed by atoms with Gasteiger partial charge in [-0.3, -0.25) is 9.67 Å². The predicted molar refractivity (Wildman–Crippen MR) is 100 cm³/mol. The van der Waals surface area contributed by atoms with E-state index in [1.807, 2.05) is 6.07 Å². The topological polar surface area (TPSA) is 141 Å². The number of pyridine rings is 1. The summed E-state index contributed by atoms with van der Waals surface area (Å²) in [6.07, 6.45) is 2.70. The number of ether oxygens (including phenoxy) is 1. The third-order valence-corrected chi connectivity index (χ3v) is 4.92. The lowest BCUT2D eigenvalue weighted by atomic mass is 10.1. The van der Waals surface area contributed by atoms with Crippen LogP contribution in [0.25, 0.3) is 10.9 Å². The van der Waals surface area contributed by atoms with E-state index in [-0.39, 0.29) is 34.8 Å². The molecule has 2 aromatic heterocycles. The van der Waals surface area contributed by atoms with Crippen LogP contribution in [0.1, 0.15) is 28.5 Å². The molecule has 3 rings (SSSR count). The van der Waals surface area contributed by atoms with Gasteiger partial charge in [0.1, 0.15) is 16.5 Å². The first-order chi connectivity index (χ1) is 13.2. The molecule has 0 amide bonds. The maximum absolute atomic E-state index is 12.0. The molecule has 2 heterocycles. The Morgan fingerprint density at radius 2 is 2.14 bits per heavy atom. The minimum atomic E-state index is -4.05. The van der Waals surface area contributed by atoms with Gasteiger partial charge in [0.2, 0.25) is 10.0 Å². The van der Waals surface area contributed by atoms with Gasteiger partial charge < -0.3 is 4.74 Å². The van der Waals surface area contributed by atoms with E-state index in [1.165, 1.54) is 23.1 Å². The molecular formula is C17H14ClN5O4S. The van der Waals surface area contributed by atoms with Gasteiger partial charge in [0, 0.05) is 17.8 Å². The molecule has 1 aromatic carbocycles. The maximum atomic E-state index is 12.0. The van der Waals surface area contributed by atoms with Crippen LogP contribution < -0.4 is 5.14 Å². The molecule has 9 nitrogen and oxygen atoms in total. The quantitative estimate of drug-likeness (QED) is 0.621. The Hall–Kier alpha value is -3.00. The van der Waals surface area contributed by atoms with Crippen molar-refractivity contribution >= 4 is 38.5 Å². The van der Waals surface area contributed by atoms with Crippen molar-refractivity contribution in [2.45, 2.75) is 18.4 Å². The second-order valence-electron chi connectivity index (χ2n) is 5.79. The lowest BCUT2D eigenvalue weighted by Gasteiger charge is -2.09. The average molecular weight is 420 g/mol. The zero-order valence-corrected chi connectivity index (χ0v) is 16.2. The highest BCUT2D eigenvalue weighted by Gasteiger charge is 2.19. The van der Waals surface area contributed by atoms with E-state index in [4.69, 9.17) is 21.5 Å². The number of aromatic nitrogens is 3. The zero-order valence-electron chi connectivity index (χ0n) is 14.6. The number of nitrogens with two attached hydrogens (primary N) is 1. The van der Waals surface area contributed by atoms with Crippen LogP contribution >= 0.6 is 11.6 Å². The van der Waals surface area contributed by atoms with Crippen molar-refractivity contribution in [2.75, 3.05) is 6.61 Å². The summed E-state index contributed by atoms with van der Waals surface area (Å²) in [5.41, 5.74) is 0.654. The van der Waals surface area contributed by atoms with Gasteiger partial charge >= 0.3 is 5.97 Å². The molecule has 144 valence electrons. The Kier molecular flexibility index (Phi) is 5.33. The van der Waals surface area contributed by atoms with Gasteiger partial charge in [-0.15, -0.1) is 0 Å². The first-order valence-corrected chi connectivity index (χ1v) is 9.91. The molecule has 0 unspecified atom stereocenters. The standard InChI is InChI=1S/C17H14ClN5O4S/c1-2-27-17(24)13-9-23(22-14(13)6-19)8-10-3-11-5-12(18)7-21-16(11)15(4-10)28(20,25)26/h3-5,7,9H,2,8H2,1H3,(H2,20,25,26). The number of sulfonamides is 1. The Morgan fingerprint density at radius 1 is 1.39 bits per heavy atom. The van der Waals surface area contributed by atoms with E-state index in [0.717, 1.165) is 0 Å². The van der Waals surface area contributed by atoms with E-state index in [9.17, 15) is 18.5 Å². The fourth-order valence-corrected chi connectivity index (χ4v) is 3.61. The second-order valence-corrected chi connectivity index (χ2v) is 7.75. The number of nitrogens with zero attached hydrogens (tertiary/aromatic N) is 4. The van der Waals surface area contributed by atoms with Crippen molar-refractivity contribution < 1.29 is 17.9 Å². The van der Waals surface area contributed by atoms with E-state index in [1.54, 1.807) is 19.1 Å². The van der Waals surface area contributed by atoms with Crippen LogP contribution in [0, 0.1) is 11.3 Å². The van der Waals surface area contributed by atoms with Crippen LogP contribution in [0.15, 0.2) is 35.5 Å². The number of carbonyl (C=O) groups is 1. The number of esters is 1. The third-order valence-electron chi connectivity index (χ3n) is 3.79. The molecule has 11 heteroatoms. The Labute approximate surface area is 165 Å². The monoisotopic (exact) mass is 419 g/mol. The highest BCUT2D eigenvalue weighted by atomic mass is 35.5. The molecule has 0 aliphatic heterocycles. The van der Waals surface area contributed by atoms with Crippen molar-refractivity contribution in [3.05, 3.63) is 52.4 Å². The Bertz CT molecular complexity index is 1230. The third kappa shape index (κ3) is 3.96. The molecule has 3 aromatic rings. The summed E-state index contributed by atoms with van der Waals surface area (Å²) in [7, 11) is -4.05. The summed E-state index contributed by atoms with van der Waals surface area (Å²) < 4.78 is 30.2. The van der Waals surface area contributed by atoms with E-state index in [2.05, 4.69) is 10.1 Å². The fraction of sp³-hybridized carbons (Fsp3) is 0.176. The summed E-state index contributed by atoms with van der Waals surface area (Å²) in [5, 5.41) is 19.4. The van der Waals surface area contributed by atoms with Crippen LogP contribution in [0.2, 0.25) is 5.02 Å². The minimum absolute atomic E-state index is 0.0292. The highest BCUT2D eigenvalue weighted by molar-refractivity contribution is 7.89. The van der Waals surface area contributed by atoms with Crippen LogP contribution in [0.5, 0.6) is 0 Å². The molecule has 0 saturated heterocycles. The molecule has 0 radical (unpaired) electrons. The van der Waals surface area contributed by atoms with Crippen LogP contribution in [0.4, 0.5) is 0 Å². The average Bonchev–Trinajstić information content (AvgIpc) is 3.03. The summed E-state index contributed by atoms with van der Waals surface area (Å²) >= 11 is 5.96. The number of rotatable bonds is 5.